The van der Waals surface area contributed by atoms with Crippen molar-refractivity contribution < 1.29 is 23.6 Å². The van der Waals surface area contributed by atoms with Gasteiger partial charge in [-0.05, 0) is 53.9 Å². The highest BCUT2D eigenvalue weighted by Crippen LogP contribution is 2.36. The molecule has 0 radical (unpaired) electrons. The quantitative estimate of drug-likeness (QED) is 0.602. The van der Waals surface area contributed by atoms with E-state index in [2.05, 4.69) is 5.32 Å². The third-order valence-electron chi connectivity index (χ3n) is 5.86. The lowest BCUT2D eigenvalue weighted by Gasteiger charge is -2.34. The van der Waals surface area contributed by atoms with Crippen LogP contribution < -0.4 is 10.8 Å². The molecule has 1 aromatic carbocycles. The number of hydrogen-bond acceptors (Lipinski definition) is 6. The molecule has 7 nitrogen and oxygen atoms in total. The normalized spacial score (nSPS) is 23.4. The predicted octanol–water partition coefficient (Wildman–Crippen LogP) is 2.38. The monoisotopic (exact) mass is 416 g/mol. The zero-order valence-corrected chi connectivity index (χ0v) is 19.1. The number of benzene rings is 1. The Bertz CT molecular complexity index is 785. The fraction of sp³-hybridized carbons (Fsp3) is 0.636. The van der Waals surface area contributed by atoms with Crippen LogP contribution in [0.15, 0.2) is 24.3 Å². The first-order valence-electron chi connectivity index (χ1n) is 10.5. The third kappa shape index (κ3) is 4.87. The van der Waals surface area contributed by atoms with Crippen LogP contribution in [0.3, 0.4) is 0 Å². The first-order chi connectivity index (χ1) is 13.8. The molecule has 1 N–H and O–H groups in total. The zero-order chi connectivity index (χ0) is 22.3. The first-order valence-corrected chi connectivity index (χ1v) is 10.5. The molecule has 2 aliphatic heterocycles. The fourth-order valence-corrected chi connectivity index (χ4v) is 3.40. The summed E-state index contributed by atoms with van der Waals surface area (Å²) in [6.45, 7) is 14.9. The maximum Gasteiger partial charge on any atom is 0.494 e. The number of nitrogens with one attached hydrogen (secondary N) is 1. The van der Waals surface area contributed by atoms with E-state index in [0.717, 1.165) is 5.46 Å². The second-order valence-corrected chi connectivity index (χ2v) is 10.0. The van der Waals surface area contributed by atoms with Crippen molar-refractivity contribution in [3.63, 3.8) is 0 Å². The molecule has 3 rings (SSSR count). The summed E-state index contributed by atoms with van der Waals surface area (Å²) >= 11 is 0. The van der Waals surface area contributed by atoms with Crippen LogP contribution in [0.4, 0.5) is 4.79 Å². The fourth-order valence-electron chi connectivity index (χ4n) is 3.40. The van der Waals surface area contributed by atoms with Gasteiger partial charge in [0.05, 0.1) is 17.2 Å². The average Bonchev–Trinajstić information content (AvgIpc) is 2.87. The van der Waals surface area contributed by atoms with Crippen LogP contribution in [0.5, 0.6) is 0 Å². The molecule has 2 saturated heterocycles. The number of carbonyl (C=O) groups is 2. The number of amides is 1. The van der Waals surface area contributed by atoms with Crippen molar-refractivity contribution >= 4 is 24.5 Å². The highest BCUT2D eigenvalue weighted by molar-refractivity contribution is 6.62. The number of ether oxygens (including phenoxy) is 1. The van der Waals surface area contributed by atoms with Crippen LogP contribution in [-0.2, 0) is 14.0 Å². The van der Waals surface area contributed by atoms with Crippen molar-refractivity contribution in [1.82, 2.24) is 10.2 Å². The van der Waals surface area contributed by atoms with E-state index in [-0.39, 0.29) is 12.3 Å². The molecular weight excluding hydrogens is 383 g/mol. The van der Waals surface area contributed by atoms with Crippen molar-refractivity contribution in [2.45, 2.75) is 71.3 Å². The van der Waals surface area contributed by atoms with Crippen LogP contribution >= 0.6 is 0 Å². The van der Waals surface area contributed by atoms with Crippen LogP contribution in [0, 0.1) is 0 Å². The maximum atomic E-state index is 13.0. The highest BCUT2D eigenvalue weighted by atomic mass is 16.7. The predicted molar refractivity (Wildman–Crippen MR) is 116 cm³/mol. The van der Waals surface area contributed by atoms with Crippen molar-refractivity contribution in [2.24, 2.45) is 0 Å². The van der Waals surface area contributed by atoms with E-state index in [4.69, 9.17) is 14.0 Å². The molecule has 1 aromatic rings. The average molecular weight is 416 g/mol. The molecule has 0 aromatic heterocycles. The molecule has 164 valence electrons. The summed E-state index contributed by atoms with van der Waals surface area (Å²) in [6.07, 6.45) is -0.391. The van der Waals surface area contributed by atoms with Crippen molar-refractivity contribution in [1.29, 1.82) is 0 Å². The van der Waals surface area contributed by atoms with Gasteiger partial charge in [-0.25, -0.2) is 4.79 Å². The number of rotatable bonds is 3. The summed E-state index contributed by atoms with van der Waals surface area (Å²) in [5.41, 5.74) is 0.0632. The Hall–Kier alpha value is -1.90. The van der Waals surface area contributed by atoms with E-state index < -0.39 is 36.1 Å². The highest BCUT2D eigenvalue weighted by Gasteiger charge is 2.51. The van der Waals surface area contributed by atoms with Crippen LogP contribution in [-0.4, -0.2) is 66.4 Å². The summed E-state index contributed by atoms with van der Waals surface area (Å²) in [7, 11) is -0.463. The lowest BCUT2D eigenvalue weighted by Crippen LogP contribution is -2.56. The lowest BCUT2D eigenvalue weighted by molar-refractivity contribution is 0.00578. The van der Waals surface area contributed by atoms with Gasteiger partial charge in [0.25, 0.3) is 0 Å². The van der Waals surface area contributed by atoms with Gasteiger partial charge >= 0.3 is 13.2 Å². The van der Waals surface area contributed by atoms with E-state index in [1.165, 1.54) is 0 Å². The summed E-state index contributed by atoms with van der Waals surface area (Å²) in [5, 5.41) is 3.21. The Labute approximate surface area is 179 Å². The Morgan fingerprint density at radius 1 is 1.10 bits per heavy atom. The van der Waals surface area contributed by atoms with Crippen molar-refractivity contribution in [2.75, 3.05) is 19.6 Å². The first kappa shape index (κ1) is 22.8. The molecular formula is C22H33BN2O5. The van der Waals surface area contributed by atoms with E-state index >= 15 is 0 Å². The Morgan fingerprint density at radius 2 is 1.67 bits per heavy atom. The van der Waals surface area contributed by atoms with Gasteiger partial charge in [0.2, 0.25) is 0 Å². The largest absolute Gasteiger partial charge is 0.494 e. The van der Waals surface area contributed by atoms with Gasteiger partial charge in [-0.1, -0.05) is 24.3 Å². The molecule has 2 heterocycles. The topological polar surface area (TPSA) is 77.1 Å². The van der Waals surface area contributed by atoms with E-state index in [9.17, 15) is 9.59 Å². The number of piperazine rings is 1. The molecule has 1 amide bonds. The molecule has 2 aliphatic rings. The minimum Gasteiger partial charge on any atom is -0.444 e. The van der Waals surface area contributed by atoms with Gasteiger partial charge in [0.1, 0.15) is 5.60 Å². The second-order valence-electron chi connectivity index (χ2n) is 10.0. The standard InChI is InChI=1S/C22H33BN2O5/c1-20(2,3)28-19(27)25-13-12-24-17(14-25)18(26)15-8-10-16(11-9-15)23-29-21(4,5)22(6,7)30-23/h8-11,17,24H,12-14H2,1-7H3/t17-/m1/s1. The smallest absolute Gasteiger partial charge is 0.444 e. The Morgan fingerprint density at radius 3 is 2.20 bits per heavy atom. The van der Waals surface area contributed by atoms with E-state index in [0.29, 0.717) is 18.7 Å². The molecule has 1 atom stereocenters. The Balaban J connectivity index is 1.65. The Kier molecular flexibility index (Phi) is 6.06. The number of nitrogens with zero attached hydrogens (tertiary/aromatic N) is 1. The van der Waals surface area contributed by atoms with Gasteiger partial charge in [0, 0.05) is 25.2 Å². The molecule has 8 heteroatoms. The van der Waals surface area contributed by atoms with E-state index in [1.807, 2.05) is 60.6 Å². The van der Waals surface area contributed by atoms with Gasteiger partial charge in [0.15, 0.2) is 5.78 Å². The van der Waals surface area contributed by atoms with Gasteiger partial charge < -0.3 is 24.3 Å². The molecule has 0 spiro atoms. The lowest BCUT2D eigenvalue weighted by atomic mass is 9.78. The van der Waals surface area contributed by atoms with Gasteiger partial charge in [-0.3, -0.25) is 4.79 Å². The maximum absolute atomic E-state index is 13.0. The summed E-state index contributed by atoms with van der Waals surface area (Å²) in [4.78, 5) is 26.9. The number of Topliss-reactive ketones (excluding diaryl/α,β-unsaturated/α-hetero) is 1. The summed E-state index contributed by atoms with van der Waals surface area (Å²) in [6, 6.07) is 6.84. The number of carbonyl (C=O) groups excluding carboxylic acids is 2. The molecule has 0 unspecified atom stereocenters. The van der Waals surface area contributed by atoms with Gasteiger partial charge in [-0.15, -0.1) is 0 Å². The van der Waals surface area contributed by atoms with Crippen LogP contribution in [0.1, 0.15) is 58.8 Å². The second kappa shape index (κ2) is 7.98. The molecule has 0 bridgehead atoms. The minimum absolute atomic E-state index is 0.0521. The third-order valence-corrected chi connectivity index (χ3v) is 5.86. The number of hydrogen-bond donors (Lipinski definition) is 1. The molecule has 2 fully saturated rings. The zero-order valence-electron chi connectivity index (χ0n) is 19.1. The SMILES string of the molecule is CC(C)(C)OC(=O)N1CCN[C@@H](C(=O)c2ccc(B3OC(C)(C)C(C)(C)O3)cc2)C1. The van der Waals surface area contributed by atoms with Crippen molar-refractivity contribution in [3.8, 4) is 0 Å². The van der Waals surface area contributed by atoms with Crippen molar-refractivity contribution in [3.05, 3.63) is 29.8 Å². The summed E-state index contributed by atoms with van der Waals surface area (Å²) in [5.74, 6) is -0.0521. The number of ketones is 1. The molecule has 30 heavy (non-hydrogen) atoms. The van der Waals surface area contributed by atoms with Gasteiger partial charge in [-0.2, -0.15) is 0 Å². The van der Waals surface area contributed by atoms with E-state index in [1.54, 1.807) is 17.0 Å². The molecule has 0 aliphatic carbocycles. The minimum atomic E-state index is -0.565. The van der Waals surface area contributed by atoms with Crippen LogP contribution in [0.2, 0.25) is 0 Å². The van der Waals surface area contributed by atoms with Crippen LogP contribution in [0.25, 0.3) is 0 Å². The summed E-state index contributed by atoms with van der Waals surface area (Å²) < 4.78 is 17.6. The molecule has 0 saturated carbocycles.